The minimum Gasteiger partial charge on any atom is -0.377 e. The Morgan fingerprint density at radius 3 is 2.65 bits per heavy atom. The smallest absolute Gasteiger partial charge is 0.253 e. The minimum absolute atomic E-state index is 0.101. The van der Waals surface area contributed by atoms with Crippen molar-refractivity contribution in [3.8, 4) is 0 Å². The van der Waals surface area contributed by atoms with Crippen molar-refractivity contribution in [1.29, 1.82) is 0 Å². The number of nitrogens with zero attached hydrogens (tertiary/aromatic N) is 3. The molecule has 3 heterocycles. The van der Waals surface area contributed by atoms with Crippen LogP contribution in [0.15, 0.2) is 48.7 Å². The van der Waals surface area contributed by atoms with E-state index >= 15 is 0 Å². The van der Waals surface area contributed by atoms with Crippen LogP contribution in [0.5, 0.6) is 0 Å². The third-order valence-corrected chi connectivity index (χ3v) is 6.33. The standard InChI is InChI=1S/C24H28N4O2S/c1-3-30-16-18-7-9-20(10-8-18)23(29)28-13-11-19(12-14-28)21-5-4-6-22(26-21)27-24-25-15-17(2)31-24/h4-10,15,19H,3,11-14,16H2,1-2H3,(H,25,26,27). The zero-order valence-corrected chi connectivity index (χ0v) is 18.8. The summed E-state index contributed by atoms with van der Waals surface area (Å²) in [6.07, 6.45) is 3.69. The van der Waals surface area contributed by atoms with Gasteiger partial charge in [0.15, 0.2) is 5.13 Å². The number of piperidine rings is 1. The van der Waals surface area contributed by atoms with E-state index in [0.717, 1.165) is 53.7 Å². The highest BCUT2D eigenvalue weighted by Crippen LogP contribution is 2.29. The van der Waals surface area contributed by atoms with E-state index in [9.17, 15) is 4.79 Å². The zero-order valence-electron chi connectivity index (χ0n) is 18.0. The first-order valence-electron chi connectivity index (χ1n) is 10.7. The van der Waals surface area contributed by atoms with E-state index in [1.54, 1.807) is 11.3 Å². The number of hydrogen-bond acceptors (Lipinski definition) is 6. The molecule has 31 heavy (non-hydrogen) atoms. The molecular weight excluding hydrogens is 408 g/mol. The summed E-state index contributed by atoms with van der Waals surface area (Å²) in [5.41, 5.74) is 2.90. The quantitative estimate of drug-likeness (QED) is 0.555. The topological polar surface area (TPSA) is 67.3 Å². The SMILES string of the molecule is CCOCc1ccc(C(=O)N2CCC(c3cccc(Nc4ncc(C)s4)n3)CC2)cc1. The minimum atomic E-state index is 0.101. The normalized spacial score (nSPS) is 14.6. The van der Waals surface area contributed by atoms with Crippen LogP contribution in [0.1, 0.15) is 52.2 Å². The Balaban J connectivity index is 1.34. The lowest BCUT2D eigenvalue weighted by atomic mass is 9.92. The second-order valence-corrected chi connectivity index (χ2v) is 8.98. The Morgan fingerprint density at radius 1 is 1.19 bits per heavy atom. The number of carbonyl (C=O) groups excluding carboxylic acids is 1. The van der Waals surface area contributed by atoms with Gasteiger partial charge in [0.05, 0.1) is 6.61 Å². The Labute approximate surface area is 187 Å². The van der Waals surface area contributed by atoms with Crippen molar-refractivity contribution >= 4 is 28.2 Å². The fourth-order valence-corrected chi connectivity index (χ4v) is 4.47. The summed E-state index contributed by atoms with van der Waals surface area (Å²) in [5.74, 6) is 1.28. The number of carbonyl (C=O) groups is 1. The number of likely N-dealkylation sites (tertiary alicyclic amines) is 1. The van der Waals surface area contributed by atoms with Crippen LogP contribution in [-0.4, -0.2) is 40.5 Å². The third-order valence-electron chi connectivity index (χ3n) is 5.50. The van der Waals surface area contributed by atoms with Crippen molar-refractivity contribution in [2.24, 2.45) is 0 Å². The van der Waals surface area contributed by atoms with E-state index in [1.165, 1.54) is 4.88 Å². The predicted octanol–water partition coefficient (Wildman–Crippen LogP) is 5.15. The average molecular weight is 437 g/mol. The second-order valence-electron chi connectivity index (χ2n) is 7.75. The summed E-state index contributed by atoms with van der Waals surface area (Å²) in [4.78, 5) is 25.2. The Kier molecular flexibility index (Phi) is 6.94. The molecule has 1 N–H and O–H groups in total. The van der Waals surface area contributed by atoms with Crippen LogP contribution in [0.25, 0.3) is 0 Å². The van der Waals surface area contributed by atoms with Gasteiger partial charge in [-0.05, 0) is 56.5 Å². The number of amides is 1. The van der Waals surface area contributed by atoms with Crippen LogP contribution in [0.3, 0.4) is 0 Å². The summed E-state index contributed by atoms with van der Waals surface area (Å²) in [6, 6.07) is 13.8. The van der Waals surface area contributed by atoms with Crippen LogP contribution >= 0.6 is 11.3 Å². The summed E-state index contributed by atoms with van der Waals surface area (Å²) in [5, 5.41) is 4.15. The van der Waals surface area contributed by atoms with Gasteiger partial charge in [-0.15, -0.1) is 11.3 Å². The van der Waals surface area contributed by atoms with Gasteiger partial charge < -0.3 is 15.0 Å². The molecule has 1 aliphatic rings. The van der Waals surface area contributed by atoms with Gasteiger partial charge in [-0.2, -0.15) is 0 Å². The number of aryl methyl sites for hydroxylation is 1. The number of pyridine rings is 1. The monoisotopic (exact) mass is 436 g/mol. The average Bonchev–Trinajstić information content (AvgIpc) is 3.22. The molecule has 0 aliphatic carbocycles. The highest BCUT2D eigenvalue weighted by molar-refractivity contribution is 7.15. The van der Waals surface area contributed by atoms with Crippen LogP contribution in [0, 0.1) is 6.92 Å². The summed E-state index contributed by atoms with van der Waals surface area (Å²) in [7, 11) is 0. The molecule has 1 amide bonds. The van der Waals surface area contributed by atoms with Crippen molar-refractivity contribution in [3.63, 3.8) is 0 Å². The first-order valence-corrected chi connectivity index (χ1v) is 11.6. The van der Waals surface area contributed by atoms with Crippen molar-refractivity contribution in [2.45, 2.75) is 39.2 Å². The molecule has 0 saturated carbocycles. The molecule has 0 radical (unpaired) electrons. The van der Waals surface area contributed by atoms with E-state index < -0.39 is 0 Å². The molecule has 4 rings (SSSR count). The van der Waals surface area contributed by atoms with Crippen LogP contribution < -0.4 is 5.32 Å². The van der Waals surface area contributed by atoms with Crippen LogP contribution in [-0.2, 0) is 11.3 Å². The molecule has 1 aromatic carbocycles. The number of hydrogen-bond donors (Lipinski definition) is 1. The van der Waals surface area contributed by atoms with Gasteiger partial charge in [0.1, 0.15) is 5.82 Å². The molecule has 0 bridgehead atoms. The summed E-state index contributed by atoms with van der Waals surface area (Å²) >= 11 is 1.62. The Bertz CT molecular complexity index is 1010. The van der Waals surface area contributed by atoms with Crippen molar-refractivity contribution in [1.82, 2.24) is 14.9 Å². The third kappa shape index (κ3) is 5.48. The lowest BCUT2D eigenvalue weighted by Crippen LogP contribution is -2.38. The van der Waals surface area contributed by atoms with Gasteiger partial charge in [0.2, 0.25) is 0 Å². The Hall–Kier alpha value is -2.77. The van der Waals surface area contributed by atoms with Gasteiger partial charge in [-0.25, -0.2) is 9.97 Å². The predicted molar refractivity (Wildman–Crippen MR) is 124 cm³/mol. The molecule has 1 fully saturated rings. The molecule has 3 aromatic rings. The zero-order chi connectivity index (χ0) is 21.6. The maximum absolute atomic E-state index is 12.9. The van der Waals surface area contributed by atoms with E-state index in [2.05, 4.69) is 16.4 Å². The molecule has 0 unspecified atom stereocenters. The maximum atomic E-state index is 12.9. The van der Waals surface area contributed by atoms with E-state index in [4.69, 9.17) is 9.72 Å². The van der Waals surface area contributed by atoms with Crippen molar-refractivity contribution in [2.75, 3.05) is 25.0 Å². The van der Waals surface area contributed by atoms with E-state index in [1.807, 2.05) is 61.3 Å². The molecule has 162 valence electrons. The molecule has 1 saturated heterocycles. The number of rotatable bonds is 7. The molecular formula is C24H28N4O2S. The van der Waals surface area contributed by atoms with Crippen molar-refractivity contribution < 1.29 is 9.53 Å². The van der Waals surface area contributed by atoms with E-state index in [-0.39, 0.29) is 5.91 Å². The van der Waals surface area contributed by atoms with Gasteiger partial charge in [-0.1, -0.05) is 18.2 Å². The number of aromatic nitrogens is 2. The van der Waals surface area contributed by atoms with Gasteiger partial charge >= 0.3 is 0 Å². The lowest BCUT2D eigenvalue weighted by molar-refractivity contribution is 0.0712. The van der Waals surface area contributed by atoms with Crippen LogP contribution in [0.4, 0.5) is 10.9 Å². The molecule has 0 spiro atoms. The number of ether oxygens (including phenoxy) is 1. The summed E-state index contributed by atoms with van der Waals surface area (Å²) in [6.45, 7) is 6.78. The van der Waals surface area contributed by atoms with E-state index in [0.29, 0.717) is 19.1 Å². The molecule has 6 nitrogen and oxygen atoms in total. The number of anilines is 2. The van der Waals surface area contributed by atoms with Crippen LogP contribution in [0.2, 0.25) is 0 Å². The highest BCUT2D eigenvalue weighted by Gasteiger charge is 2.25. The first-order chi connectivity index (χ1) is 15.1. The number of benzene rings is 1. The fourth-order valence-electron chi connectivity index (χ4n) is 3.79. The largest absolute Gasteiger partial charge is 0.377 e. The number of nitrogens with one attached hydrogen (secondary N) is 1. The molecule has 1 aliphatic heterocycles. The fraction of sp³-hybridized carbons (Fsp3) is 0.375. The van der Waals surface area contributed by atoms with Crippen molar-refractivity contribution in [3.05, 3.63) is 70.4 Å². The first kappa shape index (κ1) is 21.5. The Morgan fingerprint density at radius 2 is 1.97 bits per heavy atom. The van der Waals surface area contributed by atoms with Gasteiger partial charge in [0, 0.05) is 47.9 Å². The van der Waals surface area contributed by atoms with Gasteiger partial charge in [0.25, 0.3) is 5.91 Å². The molecule has 2 aromatic heterocycles. The maximum Gasteiger partial charge on any atom is 0.253 e. The molecule has 0 atom stereocenters. The lowest BCUT2D eigenvalue weighted by Gasteiger charge is -2.32. The highest BCUT2D eigenvalue weighted by atomic mass is 32.1. The molecule has 7 heteroatoms. The summed E-state index contributed by atoms with van der Waals surface area (Å²) < 4.78 is 5.42. The van der Waals surface area contributed by atoms with Gasteiger partial charge in [-0.3, -0.25) is 4.79 Å². The second kappa shape index (κ2) is 10.0. The number of thiazole rings is 1.